The van der Waals surface area contributed by atoms with Gasteiger partial charge in [0, 0.05) is 5.56 Å². The van der Waals surface area contributed by atoms with Crippen LogP contribution < -0.4 is 5.32 Å². The van der Waals surface area contributed by atoms with Crippen LogP contribution in [-0.4, -0.2) is 36.1 Å². The van der Waals surface area contributed by atoms with Crippen LogP contribution in [0.5, 0.6) is 0 Å². The van der Waals surface area contributed by atoms with E-state index in [2.05, 4.69) is 17.4 Å². The molecule has 2 aromatic rings. The highest BCUT2D eigenvalue weighted by Gasteiger charge is 2.20. The Kier molecular flexibility index (Phi) is 5.86. The summed E-state index contributed by atoms with van der Waals surface area (Å²) in [7, 11) is 0. The van der Waals surface area contributed by atoms with Crippen LogP contribution >= 0.6 is 0 Å². The van der Waals surface area contributed by atoms with Crippen molar-refractivity contribution in [1.82, 2.24) is 5.32 Å². The molecule has 27 heavy (non-hydrogen) atoms. The number of aliphatic carboxylic acids is 1. The van der Waals surface area contributed by atoms with Gasteiger partial charge in [-0.25, -0.2) is 4.79 Å². The minimum Gasteiger partial charge on any atom is -0.480 e. The van der Waals surface area contributed by atoms with Gasteiger partial charge in [0.05, 0.1) is 12.2 Å². The Balaban J connectivity index is 1.56. The maximum Gasteiger partial charge on any atom is 0.338 e. The lowest BCUT2D eigenvalue weighted by Crippen LogP contribution is -2.29. The Hall–Kier alpha value is -3.15. The first-order valence-electron chi connectivity index (χ1n) is 8.87. The van der Waals surface area contributed by atoms with Crippen LogP contribution in [0.15, 0.2) is 48.5 Å². The number of carboxylic acid groups (broad SMARTS) is 1. The van der Waals surface area contributed by atoms with Crippen molar-refractivity contribution in [2.45, 2.75) is 19.3 Å². The second-order valence-corrected chi connectivity index (χ2v) is 6.63. The second kappa shape index (κ2) is 8.49. The topological polar surface area (TPSA) is 92.7 Å². The first kappa shape index (κ1) is 18.6. The molecule has 0 radical (unpaired) electrons. The summed E-state index contributed by atoms with van der Waals surface area (Å²) in [6.07, 6.45) is 2.85. The third-order valence-corrected chi connectivity index (χ3v) is 4.66. The van der Waals surface area contributed by atoms with E-state index in [4.69, 9.17) is 9.84 Å². The Morgan fingerprint density at radius 3 is 2.56 bits per heavy atom. The van der Waals surface area contributed by atoms with E-state index >= 15 is 0 Å². The van der Waals surface area contributed by atoms with Crippen LogP contribution in [0.2, 0.25) is 0 Å². The van der Waals surface area contributed by atoms with Crippen LogP contribution in [0.3, 0.4) is 0 Å². The van der Waals surface area contributed by atoms with E-state index in [9.17, 15) is 14.4 Å². The minimum atomic E-state index is -1.13. The molecule has 0 saturated carbocycles. The summed E-state index contributed by atoms with van der Waals surface area (Å²) in [5, 5.41) is 10.9. The summed E-state index contributed by atoms with van der Waals surface area (Å²) in [6.45, 7) is -0.140. The Labute approximate surface area is 157 Å². The standard InChI is InChI=1S/C21H21NO5/c23-19(24)12-22-20(25)17-6-3-7-18(11-17)21(26)27-13-14-8-9-15-4-1-2-5-16(15)10-14/h1-7,11,14H,8-10,12-13H2,(H,22,25)(H,23,24). The van der Waals surface area contributed by atoms with Gasteiger partial charge in [-0.05, 0) is 54.5 Å². The molecule has 1 aliphatic carbocycles. The molecule has 0 bridgehead atoms. The number of carbonyl (C=O) groups excluding carboxylic acids is 2. The largest absolute Gasteiger partial charge is 0.480 e. The average molecular weight is 367 g/mol. The van der Waals surface area contributed by atoms with E-state index in [1.165, 1.54) is 23.3 Å². The molecule has 1 aliphatic rings. The van der Waals surface area contributed by atoms with Crippen molar-refractivity contribution in [3.63, 3.8) is 0 Å². The molecule has 1 unspecified atom stereocenters. The summed E-state index contributed by atoms with van der Waals surface area (Å²) >= 11 is 0. The number of hydrogen-bond acceptors (Lipinski definition) is 4. The number of ether oxygens (including phenoxy) is 1. The Bertz CT molecular complexity index is 861. The normalized spacial score (nSPS) is 15.5. The molecule has 2 aromatic carbocycles. The quantitative estimate of drug-likeness (QED) is 0.765. The van der Waals surface area contributed by atoms with Gasteiger partial charge >= 0.3 is 11.9 Å². The molecule has 6 nitrogen and oxygen atoms in total. The highest BCUT2D eigenvalue weighted by molar-refractivity contribution is 5.98. The van der Waals surface area contributed by atoms with Crippen molar-refractivity contribution in [2.75, 3.05) is 13.2 Å². The van der Waals surface area contributed by atoms with E-state index in [-0.39, 0.29) is 17.0 Å². The SMILES string of the molecule is O=C(O)CNC(=O)c1cccc(C(=O)OCC2CCc3ccccc3C2)c1. The molecule has 140 valence electrons. The van der Waals surface area contributed by atoms with E-state index in [0.29, 0.717) is 6.61 Å². The van der Waals surface area contributed by atoms with Crippen molar-refractivity contribution in [3.05, 3.63) is 70.8 Å². The molecule has 0 spiro atoms. The molecule has 2 N–H and O–H groups in total. The molecule has 0 heterocycles. The smallest absolute Gasteiger partial charge is 0.338 e. The monoisotopic (exact) mass is 367 g/mol. The maximum absolute atomic E-state index is 12.3. The third kappa shape index (κ3) is 4.94. The molecule has 3 rings (SSSR count). The molecular weight excluding hydrogens is 346 g/mol. The number of benzene rings is 2. The van der Waals surface area contributed by atoms with Gasteiger partial charge in [-0.2, -0.15) is 0 Å². The number of rotatable bonds is 6. The first-order valence-corrected chi connectivity index (χ1v) is 8.87. The fourth-order valence-corrected chi connectivity index (χ4v) is 3.24. The van der Waals surface area contributed by atoms with Crippen molar-refractivity contribution < 1.29 is 24.2 Å². The maximum atomic E-state index is 12.3. The number of esters is 1. The molecule has 0 aliphatic heterocycles. The number of hydrogen-bond donors (Lipinski definition) is 2. The molecular formula is C21H21NO5. The molecule has 6 heteroatoms. The Morgan fingerprint density at radius 2 is 1.78 bits per heavy atom. The van der Waals surface area contributed by atoms with Gasteiger partial charge in [-0.15, -0.1) is 0 Å². The fourth-order valence-electron chi connectivity index (χ4n) is 3.24. The van der Waals surface area contributed by atoms with Gasteiger partial charge in [0.2, 0.25) is 0 Å². The number of amides is 1. The van der Waals surface area contributed by atoms with Gasteiger partial charge < -0.3 is 15.2 Å². The predicted octanol–water partition coefficient (Wildman–Crippen LogP) is 2.46. The second-order valence-electron chi connectivity index (χ2n) is 6.63. The zero-order chi connectivity index (χ0) is 19.2. The minimum absolute atomic E-state index is 0.220. The lowest BCUT2D eigenvalue weighted by Gasteiger charge is -2.24. The van der Waals surface area contributed by atoms with Gasteiger partial charge in [-0.1, -0.05) is 30.3 Å². The highest BCUT2D eigenvalue weighted by atomic mass is 16.5. The molecule has 0 saturated heterocycles. The van der Waals surface area contributed by atoms with Gasteiger partial charge in [-0.3, -0.25) is 9.59 Å². The summed E-state index contributed by atoms with van der Waals surface area (Å²) in [5.41, 5.74) is 3.16. The van der Waals surface area contributed by atoms with Crippen LogP contribution in [0.25, 0.3) is 0 Å². The summed E-state index contributed by atoms with van der Waals surface area (Å²) in [5.74, 6) is -1.88. The molecule has 0 aromatic heterocycles. The van der Waals surface area contributed by atoms with Crippen molar-refractivity contribution >= 4 is 17.8 Å². The molecule has 0 fully saturated rings. The number of fused-ring (bicyclic) bond motifs is 1. The average Bonchev–Trinajstić information content (AvgIpc) is 2.70. The summed E-state index contributed by atoms with van der Waals surface area (Å²) in [6, 6.07) is 14.4. The van der Waals surface area contributed by atoms with Gasteiger partial charge in [0.15, 0.2) is 0 Å². The molecule has 1 atom stereocenters. The van der Waals surface area contributed by atoms with Crippen LogP contribution in [-0.2, 0) is 22.4 Å². The van der Waals surface area contributed by atoms with E-state index in [0.717, 1.165) is 19.3 Å². The highest BCUT2D eigenvalue weighted by Crippen LogP contribution is 2.25. The number of nitrogens with one attached hydrogen (secondary N) is 1. The summed E-state index contributed by atoms with van der Waals surface area (Å²) in [4.78, 5) is 34.8. The van der Waals surface area contributed by atoms with Crippen LogP contribution in [0, 0.1) is 5.92 Å². The Morgan fingerprint density at radius 1 is 1.04 bits per heavy atom. The predicted molar refractivity (Wildman–Crippen MR) is 98.7 cm³/mol. The third-order valence-electron chi connectivity index (χ3n) is 4.66. The lowest BCUT2D eigenvalue weighted by atomic mass is 9.84. The van der Waals surface area contributed by atoms with E-state index in [1.807, 2.05) is 12.1 Å². The fraction of sp³-hybridized carbons (Fsp3) is 0.286. The van der Waals surface area contributed by atoms with Gasteiger partial charge in [0.1, 0.15) is 6.54 Å². The van der Waals surface area contributed by atoms with Crippen LogP contribution in [0.4, 0.5) is 0 Å². The van der Waals surface area contributed by atoms with E-state index < -0.39 is 24.4 Å². The number of carbonyl (C=O) groups is 3. The zero-order valence-electron chi connectivity index (χ0n) is 14.8. The lowest BCUT2D eigenvalue weighted by molar-refractivity contribution is -0.135. The number of aryl methyl sites for hydroxylation is 1. The van der Waals surface area contributed by atoms with Crippen molar-refractivity contribution in [1.29, 1.82) is 0 Å². The zero-order valence-corrected chi connectivity index (χ0v) is 14.8. The molecule has 1 amide bonds. The van der Waals surface area contributed by atoms with Gasteiger partial charge in [0.25, 0.3) is 5.91 Å². The van der Waals surface area contributed by atoms with Crippen molar-refractivity contribution in [3.8, 4) is 0 Å². The number of carboxylic acids is 1. The van der Waals surface area contributed by atoms with Crippen LogP contribution in [0.1, 0.15) is 38.3 Å². The summed E-state index contributed by atoms with van der Waals surface area (Å²) < 4.78 is 5.45. The van der Waals surface area contributed by atoms with Crippen molar-refractivity contribution in [2.24, 2.45) is 5.92 Å². The van der Waals surface area contributed by atoms with E-state index in [1.54, 1.807) is 12.1 Å². The first-order chi connectivity index (χ1) is 13.0.